The average Bonchev–Trinajstić information content (AvgIpc) is 2.62. The third-order valence-electron chi connectivity index (χ3n) is 2.71. The molecule has 2 N–H and O–H groups in total. The highest BCUT2D eigenvalue weighted by atomic mass is 32.2. The molecule has 0 aromatic rings. The lowest BCUT2D eigenvalue weighted by molar-refractivity contribution is 0.594. The molecule has 1 fully saturated rings. The Hall–Kier alpha value is 0.260. The van der Waals surface area contributed by atoms with Crippen LogP contribution in [0.3, 0.4) is 0 Å². The molecular weight excluding hydrogens is 230 g/mol. The van der Waals surface area contributed by atoms with Gasteiger partial charge in [0.2, 0.25) is 0 Å². The number of nitrogens with two attached hydrogens (primary N) is 1. The van der Waals surface area contributed by atoms with Gasteiger partial charge in [0.15, 0.2) is 0 Å². The monoisotopic (exact) mass is 251 g/mol. The smallest absolute Gasteiger partial charge is 0.147 e. The molecule has 5 heteroatoms. The van der Waals surface area contributed by atoms with Gasteiger partial charge in [0.05, 0.1) is 5.75 Å². The van der Waals surface area contributed by atoms with Gasteiger partial charge < -0.3 is 5.73 Å². The Bertz CT molecular complexity index is 271. The van der Waals surface area contributed by atoms with Crippen LogP contribution in [0.4, 0.5) is 0 Å². The van der Waals surface area contributed by atoms with Crippen molar-refractivity contribution < 1.29 is 8.42 Å². The van der Waals surface area contributed by atoms with Crippen LogP contribution >= 0.6 is 11.8 Å². The molecule has 0 bridgehead atoms. The highest BCUT2D eigenvalue weighted by Crippen LogP contribution is 2.29. The normalized spacial score (nSPS) is 20.7. The van der Waals surface area contributed by atoms with Crippen LogP contribution in [-0.2, 0) is 9.84 Å². The quantitative estimate of drug-likeness (QED) is 0.775. The lowest BCUT2D eigenvalue weighted by Crippen LogP contribution is -2.26. The fraction of sp³-hybridized carbons (Fsp3) is 1.00. The molecule has 1 unspecified atom stereocenters. The zero-order valence-electron chi connectivity index (χ0n) is 9.31. The fourth-order valence-electron chi connectivity index (χ4n) is 1.76. The van der Waals surface area contributed by atoms with Gasteiger partial charge in [-0.1, -0.05) is 12.8 Å². The maximum absolute atomic E-state index is 10.9. The van der Waals surface area contributed by atoms with Gasteiger partial charge in [0.25, 0.3) is 0 Å². The number of hydrogen-bond donors (Lipinski definition) is 1. The molecule has 3 nitrogen and oxygen atoms in total. The maximum Gasteiger partial charge on any atom is 0.147 e. The second kappa shape index (κ2) is 6.11. The molecule has 0 aromatic heterocycles. The van der Waals surface area contributed by atoms with Crippen molar-refractivity contribution in [2.45, 2.75) is 43.4 Å². The molecule has 0 radical (unpaired) electrons. The molecule has 0 aromatic carbocycles. The Balaban J connectivity index is 2.10. The first kappa shape index (κ1) is 13.3. The molecule has 1 aliphatic carbocycles. The Morgan fingerprint density at radius 2 is 2.00 bits per heavy atom. The molecule has 1 saturated carbocycles. The summed E-state index contributed by atoms with van der Waals surface area (Å²) in [5.74, 6) is 1.12. The van der Waals surface area contributed by atoms with E-state index in [0.29, 0.717) is 6.42 Å². The summed E-state index contributed by atoms with van der Waals surface area (Å²) in [5.41, 5.74) is 5.87. The summed E-state index contributed by atoms with van der Waals surface area (Å²) < 4.78 is 21.9. The molecule has 0 spiro atoms. The van der Waals surface area contributed by atoms with Gasteiger partial charge >= 0.3 is 0 Å². The van der Waals surface area contributed by atoms with Gasteiger partial charge in [0.1, 0.15) is 9.84 Å². The zero-order valence-corrected chi connectivity index (χ0v) is 10.9. The average molecular weight is 251 g/mol. The van der Waals surface area contributed by atoms with Gasteiger partial charge in [-0.3, -0.25) is 0 Å². The SMILES string of the molecule is CS(=O)(=O)CCC(N)CSC1CCCC1. The molecule has 0 heterocycles. The third-order valence-corrected chi connectivity index (χ3v) is 5.25. The van der Waals surface area contributed by atoms with Gasteiger partial charge in [-0.2, -0.15) is 11.8 Å². The second-order valence-electron chi connectivity index (χ2n) is 4.42. The van der Waals surface area contributed by atoms with Crippen LogP contribution in [0, 0.1) is 0 Å². The van der Waals surface area contributed by atoms with Gasteiger partial charge in [-0.25, -0.2) is 8.42 Å². The number of thioether (sulfide) groups is 1. The Labute approximate surface area is 97.1 Å². The van der Waals surface area contributed by atoms with E-state index >= 15 is 0 Å². The van der Waals surface area contributed by atoms with E-state index in [1.54, 1.807) is 0 Å². The van der Waals surface area contributed by atoms with E-state index in [4.69, 9.17) is 5.73 Å². The summed E-state index contributed by atoms with van der Waals surface area (Å²) in [5, 5.41) is 0.772. The first-order valence-corrected chi connectivity index (χ1v) is 8.63. The minimum atomic E-state index is -2.85. The lowest BCUT2D eigenvalue weighted by atomic mass is 10.3. The van der Waals surface area contributed by atoms with E-state index in [2.05, 4.69) is 0 Å². The van der Waals surface area contributed by atoms with Crippen molar-refractivity contribution in [3.63, 3.8) is 0 Å². The van der Waals surface area contributed by atoms with Crippen LogP contribution in [0.15, 0.2) is 0 Å². The van der Waals surface area contributed by atoms with E-state index in [1.165, 1.54) is 31.9 Å². The molecule has 0 amide bonds. The topological polar surface area (TPSA) is 60.2 Å². The van der Waals surface area contributed by atoms with E-state index in [0.717, 1.165) is 11.0 Å². The Kier molecular flexibility index (Phi) is 5.43. The summed E-state index contributed by atoms with van der Waals surface area (Å²) >= 11 is 1.92. The van der Waals surface area contributed by atoms with Crippen molar-refractivity contribution in [1.29, 1.82) is 0 Å². The van der Waals surface area contributed by atoms with E-state index < -0.39 is 9.84 Å². The maximum atomic E-state index is 10.9. The van der Waals surface area contributed by atoms with Crippen molar-refractivity contribution in [3.05, 3.63) is 0 Å². The highest BCUT2D eigenvalue weighted by Gasteiger charge is 2.17. The van der Waals surface area contributed by atoms with Crippen molar-refractivity contribution in [3.8, 4) is 0 Å². The van der Waals surface area contributed by atoms with Crippen molar-refractivity contribution >= 4 is 21.6 Å². The van der Waals surface area contributed by atoms with E-state index in [1.807, 2.05) is 11.8 Å². The summed E-state index contributed by atoms with van der Waals surface area (Å²) in [7, 11) is -2.85. The van der Waals surface area contributed by atoms with Crippen LogP contribution in [0.5, 0.6) is 0 Å². The number of rotatable bonds is 6. The fourth-order valence-corrected chi connectivity index (χ4v) is 3.85. The van der Waals surface area contributed by atoms with Gasteiger partial charge in [0, 0.05) is 23.3 Å². The summed E-state index contributed by atoms with van der Waals surface area (Å²) in [4.78, 5) is 0. The van der Waals surface area contributed by atoms with E-state index in [9.17, 15) is 8.42 Å². The van der Waals surface area contributed by atoms with Crippen molar-refractivity contribution in [1.82, 2.24) is 0 Å². The van der Waals surface area contributed by atoms with Crippen molar-refractivity contribution in [2.24, 2.45) is 5.73 Å². The molecular formula is C10H21NO2S2. The molecule has 1 aliphatic rings. The van der Waals surface area contributed by atoms with Crippen LogP contribution < -0.4 is 5.73 Å². The molecule has 0 saturated heterocycles. The second-order valence-corrected chi connectivity index (χ2v) is 8.01. The minimum absolute atomic E-state index is 0.0327. The summed E-state index contributed by atoms with van der Waals surface area (Å²) in [6, 6.07) is 0.0327. The van der Waals surface area contributed by atoms with Crippen LogP contribution in [0.25, 0.3) is 0 Å². The zero-order chi connectivity index (χ0) is 11.3. The van der Waals surface area contributed by atoms with Crippen molar-refractivity contribution in [2.75, 3.05) is 17.8 Å². The Morgan fingerprint density at radius 3 is 2.53 bits per heavy atom. The van der Waals surface area contributed by atoms with E-state index in [-0.39, 0.29) is 11.8 Å². The molecule has 1 atom stereocenters. The van der Waals surface area contributed by atoms with Crippen LogP contribution in [-0.4, -0.2) is 37.5 Å². The molecule has 90 valence electrons. The highest BCUT2D eigenvalue weighted by molar-refractivity contribution is 7.99. The molecule has 1 rings (SSSR count). The number of sulfone groups is 1. The largest absolute Gasteiger partial charge is 0.327 e. The standard InChI is InChI=1S/C10H21NO2S2/c1-15(12,13)7-6-9(11)8-14-10-4-2-3-5-10/h9-10H,2-8,11H2,1H3. The first-order chi connectivity index (χ1) is 6.97. The van der Waals surface area contributed by atoms with Gasteiger partial charge in [-0.05, 0) is 19.3 Å². The first-order valence-electron chi connectivity index (χ1n) is 5.52. The molecule has 0 aliphatic heterocycles. The number of hydrogen-bond acceptors (Lipinski definition) is 4. The molecule has 15 heavy (non-hydrogen) atoms. The summed E-state index contributed by atoms with van der Waals surface area (Å²) in [6.07, 6.45) is 7.17. The minimum Gasteiger partial charge on any atom is -0.327 e. The van der Waals surface area contributed by atoms with Crippen LogP contribution in [0.1, 0.15) is 32.1 Å². The predicted molar refractivity (Wildman–Crippen MR) is 67.0 cm³/mol. The van der Waals surface area contributed by atoms with Gasteiger partial charge in [-0.15, -0.1) is 0 Å². The third kappa shape index (κ3) is 6.43. The lowest BCUT2D eigenvalue weighted by Gasteiger charge is -2.13. The van der Waals surface area contributed by atoms with Crippen LogP contribution in [0.2, 0.25) is 0 Å². The summed E-state index contributed by atoms with van der Waals surface area (Å²) in [6.45, 7) is 0. The Morgan fingerprint density at radius 1 is 1.40 bits per heavy atom. The predicted octanol–water partition coefficient (Wildman–Crippen LogP) is 1.42.